The van der Waals surface area contributed by atoms with Gasteiger partial charge in [-0.3, -0.25) is 4.98 Å². The summed E-state index contributed by atoms with van der Waals surface area (Å²) in [6.45, 7) is -0.364. The Labute approximate surface area is 133 Å². The highest BCUT2D eigenvalue weighted by Crippen LogP contribution is 2.48. The number of nitrogens with zero attached hydrogens (tertiary/aromatic N) is 2. The van der Waals surface area contributed by atoms with Gasteiger partial charge in [0.05, 0.1) is 24.3 Å². The molecule has 0 spiro atoms. The van der Waals surface area contributed by atoms with Crippen LogP contribution in [0.2, 0.25) is 0 Å². The van der Waals surface area contributed by atoms with Crippen molar-refractivity contribution in [2.24, 2.45) is 5.92 Å². The van der Waals surface area contributed by atoms with Gasteiger partial charge in [0.25, 0.3) is 5.92 Å². The Kier molecular flexibility index (Phi) is 3.22. The lowest BCUT2D eigenvalue weighted by molar-refractivity contribution is 0.0849. The minimum absolute atomic E-state index is 0.102. The molecule has 1 aromatic carbocycles. The number of ether oxygens (including phenoxy) is 1. The lowest BCUT2D eigenvalue weighted by Crippen LogP contribution is -2.07. The van der Waals surface area contributed by atoms with Crippen LogP contribution in [0, 0.1) is 17.6 Å². The molecule has 1 fully saturated rings. The van der Waals surface area contributed by atoms with Crippen molar-refractivity contribution in [2.45, 2.75) is 12.3 Å². The van der Waals surface area contributed by atoms with Gasteiger partial charge in [-0.15, -0.1) is 0 Å². The molecule has 3 aromatic rings. The number of benzene rings is 1. The molecule has 1 saturated carbocycles. The summed E-state index contributed by atoms with van der Waals surface area (Å²) in [5.74, 6) is -5.96. The number of halogens is 4. The Morgan fingerprint density at radius 2 is 2.04 bits per heavy atom. The van der Waals surface area contributed by atoms with E-state index in [1.165, 1.54) is 12.4 Å². The summed E-state index contributed by atoms with van der Waals surface area (Å²) in [6, 6.07) is 3.22. The molecule has 0 radical (unpaired) electrons. The average Bonchev–Trinajstić information content (AvgIpc) is 2.95. The lowest BCUT2D eigenvalue weighted by atomic mass is 10.2. The molecule has 2 aromatic heterocycles. The number of aromatic nitrogens is 2. The van der Waals surface area contributed by atoms with E-state index in [0.717, 1.165) is 12.1 Å². The van der Waals surface area contributed by atoms with Crippen LogP contribution >= 0.6 is 0 Å². The van der Waals surface area contributed by atoms with Crippen molar-refractivity contribution in [3.8, 4) is 17.2 Å². The van der Waals surface area contributed by atoms with Gasteiger partial charge in [0.1, 0.15) is 11.3 Å². The maximum atomic E-state index is 14.2. The molecule has 0 N–H and O–H groups in total. The second-order valence-electron chi connectivity index (χ2n) is 5.60. The Hall–Kier alpha value is -2.64. The molecule has 1 unspecified atom stereocenters. The van der Waals surface area contributed by atoms with Gasteiger partial charge < -0.3 is 9.15 Å². The van der Waals surface area contributed by atoms with Crippen LogP contribution in [-0.4, -0.2) is 22.5 Å². The van der Waals surface area contributed by atoms with Crippen LogP contribution in [0.3, 0.4) is 0 Å². The van der Waals surface area contributed by atoms with Gasteiger partial charge in [-0.2, -0.15) is 0 Å². The molecule has 8 heteroatoms. The van der Waals surface area contributed by atoms with Crippen LogP contribution in [0.5, 0.6) is 5.75 Å². The molecule has 2 heterocycles. The van der Waals surface area contributed by atoms with Crippen LogP contribution in [0.15, 0.2) is 35.0 Å². The van der Waals surface area contributed by atoms with Gasteiger partial charge >= 0.3 is 0 Å². The first kappa shape index (κ1) is 14.9. The topological polar surface area (TPSA) is 48.2 Å². The van der Waals surface area contributed by atoms with E-state index in [9.17, 15) is 17.6 Å². The molecule has 1 aliphatic rings. The number of oxazole rings is 1. The third kappa shape index (κ3) is 2.57. The van der Waals surface area contributed by atoms with Crippen molar-refractivity contribution in [1.29, 1.82) is 0 Å². The monoisotopic (exact) mass is 338 g/mol. The fraction of sp³-hybridized carbons (Fsp3) is 0.250. The third-order valence-electron chi connectivity index (χ3n) is 3.84. The van der Waals surface area contributed by atoms with E-state index in [0.29, 0.717) is 11.1 Å². The molecule has 24 heavy (non-hydrogen) atoms. The summed E-state index contributed by atoms with van der Waals surface area (Å²) in [7, 11) is 0. The standard InChI is InChI=1S/C16H10F4N2O2/c17-10-4-14(23-7-8-5-16(8,19)20)11(18)3-9(10)15-22-12-6-21-2-1-13(12)24-15/h1-4,6,8H,5,7H2. The summed E-state index contributed by atoms with van der Waals surface area (Å²) >= 11 is 0. The largest absolute Gasteiger partial charge is 0.490 e. The van der Waals surface area contributed by atoms with Gasteiger partial charge in [-0.1, -0.05) is 0 Å². The Morgan fingerprint density at radius 1 is 1.25 bits per heavy atom. The maximum Gasteiger partial charge on any atom is 0.255 e. The highest BCUT2D eigenvalue weighted by Gasteiger charge is 2.57. The van der Waals surface area contributed by atoms with Gasteiger partial charge in [0.15, 0.2) is 17.1 Å². The van der Waals surface area contributed by atoms with E-state index in [-0.39, 0.29) is 24.5 Å². The smallest absolute Gasteiger partial charge is 0.255 e. The van der Waals surface area contributed by atoms with E-state index in [2.05, 4.69) is 9.97 Å². The zero-order valence-electron chi connectivity index (χ0n) is 12.1. The molecule has 124 valence electrons. The van der Waals surface area contributed by atoms with Crippen LogP contribution in [0.4, 0.5) is 17.6 Å². The molecule has 1 aliphatic carbocycles. The van der Waals surface area contributed by atoms with Gasteiger partial charge in [-0.05, 0) is 6.07 Å². The maximum absolute atomic E-state index is 14.2. The van der Waals surface area contributed by atoms with Crippen LogP contribution in [-0.2, 0) is 0 Å². The SMILES string of the molecule is Fc1cc(-c2nc3cnccc3o2)c(F)cc1OCC1CC1(F)F. The van der Waals surface area contributed by atoms with Crippen LogP contribution in [0.25, 0.3) is 22.6 Å². The van der Waals surface area contributed by atoms with Crippen LogP contribution < -0.4 is 4.74 Å². The first-order valence-electron chi connectivity index (χ1n) is 7.14. The molecule has 4 nitrogen and oxygen atoms in total. The second-order valence-corrected chi connectivity index (χ2v) is 5.60. The zero-order chi connectivity index (χ0) is 16.9. The molecule has 1 atom stereocenters. The summed E-state index contributed by atoms with van der Waals surface area (Å²) < 4.78 is 64.2. The Bertz CT molecular complexity index is 893. The molecule has 0 bridgehead atoms. The number of fused-ring (bicyclic) bond motifs is 1. The zero-order valence-corrected chi connectivity index (χ0v) is 12.1. The Balaban J connectivity index is 1.61. The molecule has 0 amide bonds. The predicted molar refractivity (Wildman–Crippen MR) is 75.7 cm³/mol. The van der Waals surface area contributed by atoms with Crippen molar-refractivity contribution in [3.05, 3.63) is 42.2 Å². The van der Waals surface area contributed by atoms with Crippen molar-refractivity contribution in [2.75, 3.05) is 6.61 Å². The van der Waals surface area contributed by atoms with E-state index in [1.54, 1.807) is 6.07 Å². The highest BCUT2D eigenvalue weighted by atomic mass is 19.3. The van der Waals surface area contributed by atoms with Gasteiger partial charge in [0.2, 0.25) is 5.89 Å². The molecule has 0 aliphatic heterocycles. The number of pyridine rings is 1. The molecular weight excluding hydrogens is 328 g/mol. The van der Waals surface area contributed by atoms with E-state index in [1.807, 2.05) is 0 Å². The second kappa shape index (κ2) is 5.19. The molecule has 4 rings (SSSR count). The Morgan fingerprint density at radius 3 is 2.75 bits per heavy atom. The minimum atomic E-state index is -2.78. The van der Waals surface area contributed by atoms with Crippen molar-refractivity contribution in [3.63, 3.8) is 0 Å². The van der Waals surface area contributed by atoms with Crippen LogP contribution in [0.1, 0.15) is 6.42 Å². The summed E-state index contributed by atoms with van der Waals surface area (Å²) in [4.78, 5) is 7.90. The van der Waals surface area contributed by atoms with E-state index >= 15 is 0 Å². The minimum Gasteiger partial charge on any atom is -0.490 e. The lowest BCUT2D eigenvalue weighted by Gasteiger charge is -2.08. The number of alkyl halides is 2. The summed E-state index contributed by atoms with van der Waals surface area (Å²) in [5, 5.41) is 0. The third-order valence-corrected chi connectivity index (χ3v) is 3.84. The first-order valence-corrected chi connectivity index (χ1v) is 7.14. The number of rotatable bonds is 4. The molecular formula is C16H10F4N2O2. The van der Waals surface area contributed by atoms with Crippen molar-refractivity contribution < 1.29 is 26.7 Å². The number of hydrogen-bond acceptors (Lipinski definition) is 4. The van der Waals surface area contributed by atoms with Gasteiger partial charge in [0, 0.05) is 24.8 Å². The summed E-state index contributed by atoms with van der Waals surface area (Å²) in [6.07, 6.45) is 2.62. The van der Waals surface area contributed by atoms with E-state index in [4.69, 9.17) is 9.15 Å². The average molecular weight is 338 g/mol. The van der Waals surface area contributed by atoms with E-state index < -0.39 is 29.2 Å². The van der Waals surface area contributed by atoms with Gasteiger partial charge in [-0.25, -0.2) is 22.5 Å². The fourth-order valence-electron chi connectivity index (χ4n) is 2.34. The molecule has 0 saturated heterocycles. The predicted octanol–water partition coefficient (Wildman–Crippen LogP) is 4.20. The normalized spacial score (nSPS) is 18.8. The fourth-order valence-corrected chi connectivity index (χ4v) is 2.34. The van der Waals surface area contributed by atoms with Crippen molar-refractivity contribution in [1.82, 2.24) is 9.97 Å². The van der Waals surface area contributed by atoms with Crippen molar-refractivity contribution >= 4 is 11.1 Å². The quantitative estimate of drug-likeness (QED) is 0.669. The first-order chi connectivity index (χ1) is 11.4. The summed E-state index contributed by atoms with van der Waals surface area (Å²) in [5.41, 5.74) is 0.604. The highest BCUT2D eigenvalue weighted by molar-refractivity contribution is 5.75. The number of hydrogen-bond donors (Lipinski definition) is 0.